The average Bonchev–Trinajstić information content (AvgIpc) is 2.53. The second-order valence-electron chi connectivity index (χ2n) is 4.95. The van der Waals surface area contributed by atoms with Gasteiger partial charge in [0.2, 0.25) is 0 Å². The van der Waals surface area contributed by atoms with Gasteiger partial charge in [-0.05, 0) is 36.2 Å². The highest BCUT2D eigenvalue weighted by Crippen LogP contribution is 2.35. The number of unbranched alkanes of at least 4 members (excludes halogenated alkanes) is 1. The van der Waals surface area contributed by atoms with Gasteiger partial charge in [0, 0.05) is 16.5 Å². The number of rotatable bonds is 6. The van der Waals surface area contributed by atoms with Crippen molar-refractivity contribution in [1.29, 1.82) is 0 Å². The zero-order chi connectivity index (χ0) is 15.8. The fraction of sp³-hybridized carbons (Fsp3) is 0.294. The minimum absolute atomic E-state index is 0.342. The zero-order valence-electron chi connectivity index (χ0n) is 12.5. The van der Waals surface area contributed by atoms with Gasteiger partial charge in [-0.25, -0.2) is 0 Å². The molecule has 0 aliphatic rings. The first kappa shape index (κ1) is 17.3. The molecular weight excluding hydrogens is 332 g/mol. The van der Waals surface area contributed by atoms with Crippen LogP contribution in [0.3, 0.4) is 0 Å². The molecule has 22 heavy (non-hydrogen) atoms. The number of pyridine rings is 1. The molecular formula is C17H19ClN2S2. The number of benzene rings is 1. The molecule has 1 unspecified atom stereocenters. The minimum atomic E-state index is 0.342. The van der Waals surface area contributed by atoms with Crippen LogP contribution in [0.1, 0.15) is 37.0 Å². The third-order valence-corrected chi connectivity index (χ3v) is 4.97. The van der Waals surface area contributed by atoms with E-state index in [1.165, 1.54) is 18.4 Å². The molecule has 2 rings (SSSR count). The monoisotopic (exact) mass is 350 g/mol. The Hall–Kier alpha value is -1.10. The van der Waals surface area contributed by atoms with Crippen molar-refractivity contribution in [3.63, 3.8) is 0 Å². The molecule has 0 amide bonds. The van der Waals surface area contributed by atoms with Crippen LogP contribution < -0.4 is 5.32 Å². The van der Waals surface area contributed by atoms with E-state index in [2.05, 4.69) is 29.4 Å². The van der Waals surface area contributed by atoms with E-state index in [-0.39, 0.29) is 0 Å². The van der Waals surface area contributed by atoms with Gasteiger partial charge in [0.25, 0.3) is 0 Å². The lowest BCUT2D eigenvalue weighted by Crippen LogP contribution is -2.08. The Morgan fingerprint density at radius 2 is 2.09 bits per heavy atom. The molecule has 2 aromatic rings. The molecule has 0 aliphatic heterocycles. The summed E-state index contributed by atoms with van der Waals surface area (Å²) in [5, 5.41) is 4.34. The van der Waals surface area contributed by atoms with Gasteiger partial charge in [-0.3, -0.25) is 4.98 Å². The SMILES string of the molecule is CCCCC(SC(=S)Nc1cccnc1)c1ccc(Cl)cc1. The number of anilines is 1. The molecule has 0 saturated carbocycles. The smallest absolute Gasteiger partial charge is 0.138 e. The summed E-state index contributed by atoms with van der Waals surface area (Å²) >= 11 is 13.2. The van der Waals surface area contributed by atoms with Gasteiger partial charge < -0.3 is 5.32 Å². The Morgan fingerprint density at radius 1 is 1.32 bits per heavy atom. The van der Waals surface area contributed by atoms with Crippen LogP contribution in [-0.4, -0.2) is 9.30 Å². The third kappa shape index (κ3) is 5.59. The Bertz CT molecular complexity index is 587. The number of thiocarbonyl (C=S) groups is 1. The highest BCUT2D eigenvalue weighted by atomic mass is 35.5. The van der Waals surface area contributed by atoms with Crippen LogP contribution in [-0.2, 0) is 0 Å². The standard InChI is InChI=1S/C17H19ClN2S2/c1-2-3-6-16(13-7-9-14(18)10-8-13)22-17(21)20-15-5-4-11-19-12-15/h4-5,7-12,16H,2-3,6H2,1H3,(H,20,21). The lowest BCUT2D eigenvalue weighted by Gasteiger charge is -2.18. The van der Waals surface area contributed by atoms with Crippen molar-refractivity contribution in [2.24, 2.45) is 0 Å². The molecule has 0 radical (unpaired) electrons. The van der Waals surface area contributed by atoms with E-state index in [4.69, 9.17) is 23.8 Å². The summed E-state index contributed by atoms with van der Waals surface area (Å²) in [4.78, 5) is 4.09. The van der Waals surface area contributed by atoms with Crippen molar-refractivity contribution >= 4 is 45.6 Å². The molecule has 1 aromatic heterocycles. The second-order valence-corrected chi connectivity index (χ2v) is 7.27. The number of thioether (sulfide) groups is 1. The van der Waals surface area contributed by atoms with Crippen molar-refractivity contribution in [2.45, 2.75) is 31.4 Å². The molecule has 0 fully saturated rings. The molecule has 116 valence electrons. The predicted octanol–water partition coefficient (Wildman–Crippen LogP) is 6.10. The van der Waals surface area contributed by atoms with Crippen LogP contribution in [0.25, 0.3) is 0 Å². The summed E-state index contributed by atoms with van der Waals surface area (Å²) in [5.74, 6) is 0. The van der Waals surface area contributed by atoms with Crippen molar-refractivity contribution in [3.8, 4) is 0 Å². The Labute approximate surface area is 146 Å². The minimum Gasteiger partial charge on any atom is -0.340 e. The van der Waals surface area contributed by atoms with Crippen LogP contribution in [0.4, 0.5) is 5.69 Å². The van der Waals surface area contributed by atoms with E-state index >= 15 is 0 Å². The lowest BCUT2D eigenvalue weighted by molar-refractivity contribution is 0.708. The summed E-state index contributed by atoms with van der Waals surface area (Å²) in [6.07, 6.45) is 6.97. The average molecular weight is 351 g/mol. The molecule has 5 heteroatoms. The number of hydrogen-bond acceptors (Lipinski definition) is 3. The number of nitrogens with zero attached hydrogens (tertiary/aromatic N) is 1. The van der Waals surface area contributed by atoms with E-state index in [0.717, 1.165) is 21.5 Å². The fourth-order valence-corrected chi connectivity index (χ4v) is 3.68. The van der Waals surface area contributed by atoms with E-state index in [1.807, 2.05) is 24.3 Å². The summed E-state index contributed by atoms with van der Waals surface area (Å²) in [6.45, 7) is 2.20. The number of aromatic nitrogens is 1. The van der Waals surface area contributed by atoms with Crippen LogP contribution in [0.2, 0.25) is 5.02 Å². The lowest BCUT2D eigenvalue weighted by atomic mass is 10.1. The Balaban J connectivity index is 2.02. The van der Waals surface area contributed by atoms with Gasteiger partial charge in [0.05, 0.1) is 11.9 Å². The normalized spacial score (nSPS) is 11.9. The third-order valence-electron chi connectivity index (χ3n) is 3.22. The van der Waals surface area contributed by atoms with Gasteiger partial charge in [-0.1, -0.05) is 67.5 Å². The summed E-state index contributed by atoms with van der Waals surface area (Å²) < 4.78 is 0.768. The quantitative estimate of drug-likeness (QED) is 0.636. The molecule has 2 nitrogen and oxygen atoms in total. The highest BCUT2D eigenvalue weighted by molar-refractivity contribution is 8.23. The Morgan fingerprint density at radius 3 is 2.73 bits per heavy atom. The highest BCUT2D eigenvalue weighted by Gasteiger charge is 2.14. The van der Waals surface area contributed by atoms with Gasteiger partial charge in [0.15, 0.2) is 0 Å². The predicted molar refractivity (Wildman–Crippen MR) is 102 cm³/mol. The summed E-state index contributed by atoms with van der Waals surface area (Å²) in [6, 6.07) is 11.9. The van der Waals surface area contributed by atoms with Crippen LogP contribution in [0, 0.1) is 0 Å². The Kier molecular flexibility index (Phi) is 7.16. The topological polar surface area (TPSA) is 24.9 Å². The maximum Gasteiger partial charge on any atom is 0.138 e. The molecule has 1 heterocycles. The maximum absolute atomic E-state index is 5.98. The van der Waals surface area contributed by atoms with Gasteiger partial charge in [-0.2, -0.15) is 0 Å². The summed E-state index contributed by atoms with van der Waals surface area (Å²) in [5.41, 5.74) is 2.18. The van der Waals surface area contributed by atoms with E-state index in [0.29, 0.717) is 5.25 Å². The largest absolute Gasteiger partial charge is 0.340 e. The van der Waals surface area contributed by atoms with Gasteiger partial charge in [0.1, 0.15) is 4.32 Å². The van der Waals surface area contributed by atoms with Crippen LogP contribution in [0.15, 0.2) is 48.8 Å². The van der Waals surface area contributed by atoms with Gasteiger partial charge in [-0.15, -0.1) is 0 Å². The number of halogens is 1. The fourth-order valence-electron chi connectivity index (χ4n) is 2.07. The molecule has 0 spiro atoms. The molecule has 1 aromatic carbocycles. The first-order valence-electron chi connectivity index (χ1n) is 7.32. The first-order chi connectivity index (χ1) is 10.7. The molecule has 0 aliphatic carbocycles. The zero-order valence-corrected chi connectivity index (χ0v) is 14.8. The number of hydrogen-bond donors (Lipinski definition) is 1. The van der Waals surface area contributed by atoms with Crippen molar-refractivity contribution < 1.29 is 0 Å². The first-order valence-corrected chi connectivity index (χ1v) is 8.98. The molecule has 1 N–H and O–H groups in total. The second kappa shape index (κ2) is 9.13. The van der Waals surface area contributed by atoms with E-state index in [9.17, 15) is 0 Å². The number of nitrogens with one attached hydrogen (secondary N) is 1. The van der Waals surface area contributed by atoms with Gasteiger partial charge >= 0.3 is 0 Å². The van der Waals surface area contributed by atoms with E-state index < -0.39 is 0 Å². The van der Waals surface area contributed by atoms with Crippen molar-refractivity contribution in [1.82, 2.24) is 4.98 Å². The molecule has 1 atom stereocenters. The molecule has 0 saturated heterocycles. The van der Waals surface area contributed by atoms with Crippen LogP contribution in [0.5, 0.6) is 0 Å². The van der Waals surface area contributed by atoms with E-state index in [1.54, 1.807) is 24.2 Å². The van der Waals surface area contributed by atoms with Crippen molar-refractivity contribution in [3.05, 3.63) is 59.4 Å². The van der Waals surface area contributed by atoms with Crippen LogP contribution >= 0.6 is 35.6 Å². The van der Waals surface area contributed by atoms with Crippen molar-refractivity contribution in [2.75, 3.05) is 5.32 Å². The molecule has 0 bridgehead atoms. The summed E-state index contributed by atoms with van der Waals surface area (Å²) in [7, 11) is 0. The maximum atomic E-state index is 5.98.